The van der Waals surface area contributed by atoms with Crippen molar-refractivity contribution in [3.63, 3.8) is 0 Å². The number of anilines is 1. The molecule has 0 spiro atoms. The number of carbonyl (C=O) groups excluding carboxylic acids is 1. The third-order valence-corrected chi connectivity index (χ3v) is 4.60. The van der Waals surface area contributed by atoms with Gasteiger partial charge in [-0.2, -0.15) is 0 Å². The number of amides is 1. The molecule has 1 aliphatic rings. The Labute approximate surface area is 149 Å². The molecule has 5 heteroatoms. The summed E-state index contributed by atoms with van der Waals surface area (Å²) in [5.74, 6) is 0.684. The smallest absolute Gasteiger partial charge is 0.253 e. The summed E-state index contributed by atoms with van der Waals surface area (Å²) in [7, 11) is 0. The summed E-state index contributed by atoms with van der Waals surface area (Å²) >= 11 is 0. The van der Waals surface area contributed by atoms with Crippen LogP contribution in [0.4, 0.5) is 5.69 Å². The van der Waals surface area contributed by atoms with E-state index >= 15 is 0 Å². The van der Waals surface area contributed by atoms with Crippen LogP contribution >= 0.6 is 0 Å². The van der Waals surface area contributed by atoms with Crippen LogP contribution in [-0.4, -0.2) is 48.1 Å². The predicted octanol–water partition coefficient (Wildman–Crippen LogP) is 3.22. The van der Waals surface area contributed by atoms with Crippen LogP contribution in [-0.2, 0) is 0 Å². The van der Waals surface area contributed by atoms with Crippen LogP contribution in [0.5, 0.6) is 5.88 Å². The van der Waals surface area contributed by atoms with E-state index in [1.807, 2.05) is 47.4 Å². The molecule has 0 aliphatic carbocycles. The third-order valence-electron chi connectivity index (χ3n) is 4.60. The summed E-state index contributed by atoms with van der Waals surface area (Å²) in [5, 5.41) is 0. The molecule has 0 radical (unpaired) electrons. The molecule has 1 fully saturated rings. The molecule has 2 heterocycles. The van der Waals surface area contributed by atoms with Crippen LogP contribution < -0.4 is 9.64 Å². The van der Waals surface area contributed by atoms with E-state index in [0.717, 1.165) is 30.8 Å². The molecule has 3 rings (SSSR count). The maximum atomic E-state index is 12.7. The highest BCUT2D eigenvalue weighted by Gasteiger charge is 2.28. The number of aromatic nitrogens is 1. The molecular formula is C20H25N3O2. The highest BCUT2D eigenvalue weighted by atomic mass is 16.5. The van der Waals surface area contributed by atoms with Gasteiger partial charge in [-0.1, -0.05) is 6.07 Å². The molecule has 1 aliphatic heterocycles. The molecular weight excluding hydrogens is 314 g/mol. The Kier molecular flexibility index (Phi) is 5.53. The Balaban J connectivity index is 1.60. The summed E-state index contributed by atoms with van der Waals surface area (Å²) < 4.78 is 5.86. The van der Waals surface area contributed by atoms with Gasteiger partial charge >= 0.3 is 0 Å². The zero-order chi connectivity index (χ0) is 17.6. The van der Waals surface area contributed by atoms with Gasteiger partial charge in [0.25, 0.3) is 5.91 Å². The molecule has 0 bridgehead atoms. The van der Waals surface area contributed by atoms with E-state index in [1.54, 1.807) is 6.20 Å². The fourth-order valence-electron chi connectivity index (χ4n) is 3.18. The second kappa shape index (κ2) is 8.01. The first-order valence-electron chi connectivity index (χ1n) is 8.93. The summed E-state index contributed by atoms with van der Waals surface area (Å²) in [4.78, 5) is 21.0. The van der Waals surface area contributed by atoms with Crippen molar-refractivity contribution in [1.82, 2.24) is 9.88 Å². The lowest BCUT2D eigenvalue weighted by molar-refractivity contribution is 0.0771. The predicted molar refractivity (Wildman–Crippen MR) is 99.2 cm³/mol. The Morgan fingerprint density at radius 2 is 1.96 bits per heavy atom. The van der Waals surface area contributed by atoms with Gasteiger partial charge in [0.1, 0.15) is 6.10 Å². The zero-order valence-electron chi connectivity index (χ0n) is 14.9. The minimum atomic E-state index is 0.00815. The minimum Gasteiger partial charge on any atom is -0.472 e. The van der Waals surface area contributed by atoms with E-state index < -0.39 is 0 Å². The number of hydrogen-bond donors (Lipinski definition) is 0. The van der Waals surface area contributed by atoms with E-state index in [9.17, 15) is 4.79 Å². The van der Waals surface area contributed by atoms with Crippen molar-refractivity contribution in [2.24, 2.45) is 0 Å². The number of pyridine rings is 1. The maximum Gasteiger partial charge on any atom is 0.253 e. The lowest BCUT2D eigenvalue weighted by Gasteiger charge is -2.22. The van der Waals surface area contributed by atoms with Gasteiger partial charge in [0.15, 0.2) is 0 Å². The number of likely N-dealkylation sites (tertiary alicyclic amines) is 1. The van der Waals surface area contributed by atoms with Crippen molar-refractivity contribution < 1.29 is 9.53 Å². The fourth-order valence-corrected chi connectivity index (χ4v) is 3.18. The molecule has 2 aromatic rings. The van der Waals surface area contributed by atoms with Crippen molar-refractivity contribution in [2.75, 3.05) is 31.1 Å². The number of nitrogens with zero attached hydrogens (tertiary/aromatic N) is 3. The number of benzene rings is 1. The standard InChI is InChI=1S/C20H25N3O2/c1-3-22(4-2)17-10-8-16(9-11-17)20(24)23-14-12-18(15-23)25-19-7-5-6-13-21-19/h5-11,13,18H,3-4,12,14-15H2,1-2H3. The Hall–Kier alpha value is -2.56. The van der Waals surface area contributed by atoms with Gasteiger partial charge in [-0.05, 0) is 44.2 Å². The molecule has 0 N–H and O–H groups in total. The van der Waals surface area contributed by atoms with Crippen LogP contribution in [0.15, 0.2) is 48.7 Å². The van der Waals surface area contributed by atoms with E-state index in [2.05, 4.69) is 23.7 Å². The maximum absolute atomic E-state index is 12.7. The molecule has 1 atom stereocenters. The molecule has 0 saturated carbocycles. The largest absolute Gasteiger partial charge is 0.472 e. The summed E-state index contributed by atoms with van der Waals surface area (Å²) in [5.41, 5.74) is 1.88. The Bertz CT molecular complexity index is 684. The van der Waals surface area contributed by atoms with Gasteiger partial charge in [-0.3, -0.25) is 4.79 Å². The lowest BCUT2D eigenvalue weighted by atomic mass is 10.1. The van der Waals surface area contributed by atoms with Crippen molar-refractivity contribution in [1.29, 1.82) is 0 Å². The number of hydrogen-bond acceptors (Lipinski definition) is 4. The highest BCUT2D eigenvalue weighted by molar-refractivity contribution is 5.94. The number of ether oxygens (including phenoxy) is 1. The van der Waals surface area contributed by atoms with E-state index in [-0.39, 0.29) is 12.0 Å². The van der Waals surface area contributed by atoms with Gasteiger partial charge < -0.3 is 14.5 Å². The Morgan fingerprint density at radius 1 is 1.20 bits per heavy atom. The topological polar surface area (TPSA) is 45.7 Å². The van der Waals surface area contributed by atoms with Gasteiger partial charge in [-0.15, -0.1) is 0 Å². The van der Waals surface area contributed by atoms with Gasteiger partial charge in [0.05, 0.1) is 6.54 Å². The number of carbonyl (C=O) groups is 1. The quantitative estimate of drug-likeness (QED) is 0.811. The monoisotopic (exact) mass is 339 g/mol. The fraction of sp³-hybridized carbons (Fsp3) is 0.400. The molecule has 132 valence electrons. The van der Waals surface area contributed by atoms with Crippen LogP contribution in [0.2, 0.25) is 0 Å². The zero-order valence-corrected chi connectivity index (χ0v) is 14.9. The van der Waals surface area contributed by atoms with Crippen molar-refractivity contribution in [3.8, 4) is 5.88 Å². The second-order valence-electron chi connectivity index (χ2n) is 6.17. The van der Waals surface area contributed by atoms with Crippen molar-refractivity contribution in [2.45, 2.75) is 26.4 Å². The van der Waals surface area contributed by atoms with Crippen LogP contribution in [0.3, 0.4) is 0 Å². The molecule has 5 nitrogen and oxygen atoms in total. The van der Waals surface area contributed by atoms with E-state index in [1.165, 1.54) is 0 Å². The first-order chi connectivity index (χ1) is 12.2. The molecule has 25 heavy (non-hydrogen) atoms. The van der Waals surface area contributed by atoms with Gasteiger partial charge in [0, 0.05) is 49.6 Å². The second-order valence-corrected chi connectivity index (χ2v) is 6.17. The average Bonchev–Trinajstić information content (AvgIpc) is 3.12. The minimum absolute atomic E-state index is 0.00815. The lowest BCUT2D eigenvalue weighted by Crippen LogP contribution is -2.31. The molecule has 1 amide bonds. The summed E-state index contributed by atoms with van der Waals surface area (Å²) in [6.07, 6.45) is 2.55. The Morgan fingerprint density at radius 3 is 2.60 bits per heavy atom. The molecule has 1 saturated heterocycles. The molecule has 1 aromatic carbocycles. The van der Waals surface area contributed by atoms with E-state index in [4.69, 9.17) is 4.74 Å². The van der Waals surface area contributed by atoms with Crippen molar-refractivity contribution >= 4 is 11.6 Å². The SMILES string of the molecule is CCN(CC)c1ccc(C(=O)N2CCC(Oc3ccccn3)C2)cc1. The third kappa shape index (κ3) is 4.10. The highest BCUT2D eigenvalue weighted by Crippen LogP contribution is 2.20. The van der Waals surface area contributed by atoms with Gasteiger partial charge in [0.2, 0.25) is 5.88 Å². The van der Waals surface area contributed by atoms with Crippen LogP contribution in [0.1, 0.15) is 30.6 Å². The van der Waals surface area contributed by atoms with E-state index in [0.29, 0.717) is 19.0 Å². The normalized spacial score (nSPS) is 16.7. The average molecular weight is 339 g/mol. The first kappa shape index (κ1) is 17.3. The van der Waals surface area contributed by atoms with Crippen LogP contribution in [0.25, 0.3) is 0 Å². The molecule has 1 unspecified atom stereocenters. The van der Waals surface area contributed by atoms with Gasteiger partial charge in [-0.25, -0.2) is 4.98 Å². The summed E-state index contributed by atoms with van der Waals surface area (Å²) in [6, 6.07) is 13.5. The molecule has 1 aromatic heterocycles. The summed E-state index contributed by atoms with van der Waals surface area (Å²) in [6.45, 7) is 7.51. The number of rotatable bonds is 6. The first-order valence-corrected chi connectivity index (χ1v) is 8.93. The van der Waals surface area contributed by atoms with Crippen LogP contribution in [0, 0.1) is 0 Å². The van der Waals surface area contributed by atoms with Crippen molar-refractivity contribution in [3.05, 3.63) is 54.2 Å².